The number of hydrogen-bond donors (Lipinski definition) is 2. The third-order valence-electron chi connectivity index (χ3n) is 3.22. The molecule has 88 valence electrons. The largest absolute Gasteiger partial charge is 0.398 e. The lowest BCUT2D eigenvalue weighted by atomic mass is 10.2. The van der Waals surface area contributed by atoms with E-state index in [1.54, 1.807) is 0 Å². The van der Waals surface area contributed by atoms with Crippen LogP contribution in [-0.4, -0.2) is 6.04 Å². The minimum Gasteiger partial charge on any atom is -0.398 e. The van der Waals surface area contributed by atoms with Crippen LogP contribution in [0.5, 0.6) is 0 Å². The number of halogens is 1. The fourth-order valence-electron chi connectivity index (χ4n) is 2.12. The fourth-order valence-corrected chi connectivity index (χ4v) is 2.54. The van der Waals surface area contributed by atoms with E-state index in [0.717, 1.165) is 28.7 Å². The van der Waals surface area contributed by atoms with Gasteiger partial charge in [-0.3, -0.25) is 0 Å². The lowest BCUT2D eigenvalue weighted by molar-refractivity contribution is 0.599. The van der Waals surface area contributed by atoms with Crippen molar-refractivity contribution in [3.05, 3.63) is 28.2 Å². The van der Waals surface area contributed by atoms with Gasteiger partial charge >= 0.3 is 0 Å². The summed E-state index contributed by atoms with van der Waals surface area (Å²) in [6.07, 6.45) is 4.02. The van der Waals surface area contributed by atoms with Crippen LogP contribution in [0, 0.1) is 5.92 Å². The Hall–Kier alpha value is -0.540. The van der Waals surface area contributed by atoms with Crippen molar-refractivity contribution in [2.75, 3.05) is 5.73 Å². The Morgan fingerprint density at radius 1 is 1.50 bits per heavy atom. The molecular formula is C13H19BrN2. The Labute approximate surface area is 106 Å². The van der Waals surface area contributed by atoms with Crippen LogP contribution < -0.4 is 11.1 Å². The third kappa shape index (κ3) is 2.98. The summed E-state index contributed by atoms with van der Waals surface area (Å²) < 4.78 is 0.993. The predicted molar refractivity (Wildman–Crippen MR) is 72.2 cm³/mol. The topological polar surface area (TPSA) is 38.0 Å². The molecule has 0 heterocycles. The molecular weight excluding hydrogens is 264 g/mol. The number of nitrogens with one attached hydrogen (secondary N) is 1. The molecule has 1 aliphatic carbocycles. The number of rotatable bonds is 5. The number of hydrogen-bond acceptors (Lipinski definition) is 2. The molecule has 3 N–H and O–H groups in total. The summed E-state index contributed by atoms with van der Waals surface area (Å²) in [5, 5.41) is 3.59. The van der Waals surface area contributed by atoms with Crippen molar-refractivity contribution < 1.29 is 0 Å². The smallest absolute Gasteiger partial charge is 0.0458 e. The monoisotopic (exact) mass is 282 g/mol. The van der Waals surface area contributed by atoms with Crippen LogP contribution in [-0.2, 0) is 6.54 Å². The second kappa shape index (κ2) is 5.19. The zero-order valence-electron chi connectivity index (χ0n) is 9.67. The van der Waals surface area contributed by atoms with Crippen LogP contribution in [0.4, 0.5) is 5.69 Å². The molecule has 1 aromatic rings. The van der Waals surface area contributed by atoms with Crippen LogP contribution in [0.15, 0.2) is 22.7 Å². The number of benzene rings is 1. The van der Waals surface area contributed by atoms with Gasteiger partial charge in [0.15, 0.2) is 0 Å². The number of nitrogen functional groups attached to an aromatic ring is 1. The average molecular weight is 283 g/mol. The summed E-state index contributed by atoms with van der Waals surface area (Å²) in [7, 11) is 0. The van der Waals surface area contributed by atoms with Crippen molar-refractivity contribution in [1.82, 2.24) is 5.32 Å². The highest BCUT2D eigenvalue weighted by molar-refractivity contribution is 9.10. The van der Waals surface area contributed by atoms with E-state index in [1.807, 2.05) is 6.07 Å². The molecule has 0 saturated heterocycles. The zero-order chi connectivity index (χ0) is 11.5. The Morgan fingerprint density at radius 3 is 3.00 bits per heavy atom. The average Bonchev–Trinajstić information content (AvgIpc) is 2.99. The Balaban J connectivity index is 1.80. The first-order valence-electron chi connectivity index (χ1n) is 5.98. The van der Waals surface area contributed by atoms with Gasteiger partial charge < -0.3 is 11.1 Å². The second-order valence-electron chi connectivity index (χ2n) is 4.63. The summed E-state index contributed by atoms with van der Waals surface area (Å²) >= 11 is 3.45. The third-order valence-corrected chi connectivity index (χ3v) is 3.90. The number of anilines is 1. The van der Waals surface area contributed by atoms with Gasteiger partial charge in [-0.1, -0.05) is 19.4 Å². The van der Waals surface area contributed by atoms with Crippen LogP contribution in [0.25, 0.3) is 0 Å². The van der Waals surface area contributed by atoms with Gasteiger partial charge in [-0.25, -0.2) is 0 Å². The molecule has 2 atom stereocenters. The first-order valence-corrected chi connectivity index (χ1v) is 6.77. The molecule has 2 unspecified atom stereocenters. The Morgan fingerprint density at radius 2 is 2.31 bits per heavy atom. The van der Waals surface area contributed by atoms with E-state index in [-0.39, 0.29) is 0 Å². The Bertz CT molecular complexity index is 365. The minimum atomic E-state index is 0.747. The lowest BCUT2D eigenvalue weighted by Crippen LogP contribution is -2.17. The molecule has 1 aliphatic rings. The molecule has 1 fully saturated rings. The maximum atomic E-state index is 5.75. The highest BCUT2D eigenvalue weighted by Gasteiger charge is 2.35. The van der Waals surface area contributed by atoms with E-state index in [0.29, 0.717) is 0 Å². The van der Waals surface area contributed by atoms with Gasteiger partial charge in [-0.2, -0.15) is 0 Å². The van der Waals surface area contributed by atoms with Crippen molar-refractivity contribution in [2.24, 2.45) is 5.92 Å². The summed E-state index contributed by atoms with van der Waals surface area (Å²) in [4.78, 5) is 0. The van der Waals surface area contributed by atoms with Crippen LogP contribution >= 0.6 is 15.9 Å². The fraction of sp³-hybridized carbons (Fsp3) is 0.538. The van der Waals surface area contributed by atoms with Gasteiger partial charge in [0.05, 0.1) is 0 Å². The molecule has 2 nitrogen and oxygen atoms in total. The van der Waals surface area contributed by atoms with Crippen molar-refractivity contribution in [3.63, 3.8) is 0 Å². The molecule has 16 heavy (non-hydrogen) atoms. The normalized spacial score (nSPS) is 23.4. The summed E-state index contributed by atoms with van der Waals surface area (Å²) in [6.45, 7) is 3.20. The molecule has 0 aromatic heterocycles. The standard InChI is InChI=1S/C13H19BrN2/c1-2-3-10-7-13(10)16-8-9-4-5-12(15)11(14)6-9/h4-6,10,13,16H,2-3,7-8,15H2,1H3. The van der Waals surface area contributed by atoms with Gasteiger partial charge in [-0.15, -0.1) is 0 Å². The maximum Gasteiger partial charge on any atom is 0.0458 e. The van der Waals surface area contributed by atoms with Gasteiger partial charge in [0.1, 0.15) is 0 Å². The van der Waals surface area contributed by atoms with Crippen LogP contribution in [0.1, 0.15) is 31.7 Å². The molecule has 2 rings (SSSR count). The Kier molecular flexibility index (Phi) is 3.87. The van der Waals surface area contributed by atoms with E-state index in [4.69, 9.17) is 5.73 Å². The van der Waals surface area contributed by atoms with Crippen molar-refractivity contribution in [1.29, 1.82) is 0 Å². The van der Waals surface area contributed by atoms with E-state index in [9.17, 15) is 0 Å². The molecule has 0 bridgehead atoms. The highest BCUT2D eigenvalue weighted by Crippen LogP contribution is 2.34. The minimum absolute atomic E-state index is 0.747. The van der Waals surface area contributed by atoms with Gasteiger partial charge in [0, 0.05) is 22.7 Å². The molecule has 3 heteroatoms. The van der Waals surface area contributed by atoms with Crippen molar-refractivity contribution >= 4 is 21.6 Å². The SMILES string of the molecule is CCCC1CC1NCc1ccc(N)c(Br)c1. The van der Waals surface area contributed by atoms with Crippen molar-refractivity contribution in [3.8, 4) is 0 Å². The van der Waals surface area contributed by atoms with Crippen molar-refractivity contribution in [2.45, 2.75) is 38.8 Å². The van der Waals surface area contributed by atoms with Gasteiger partial charge in [-0.05, 0) is 52.4 Å². The van der Waals surface area contributed by atoms with Crippen LogP contribution in [0.2, 0.25) is 0 Å². The summed E-state index contributed by atoms with van der Waals surface area (Å²) in [6, 6.07) is 6.89. The van der Waals surface area contributed by atoms with E-state index in [1.165, 1.54) is 24.8 Å². The molecule has 0 spiro atoms. The van der Waals surface area contributed by atoms with E-state index < -0.39 is 0 Å². The molecule has 0 amide bonds. The maximum absolute atomic E-state index is 5.75. The number of nitrogens with two attached hydrogens (primary N) is 1. The summed E-state index contributed by atoms with van der Waals surface area (Å²) in [5.41, 5.74) is 7.85. The summed E-state index contributed by atoms with van der Waals surface area (Å²) in [5.74, 6) is 0.919. The lowest BCUT2D eigenvalue weighted by Gasteiger charge is -2.06. The second-order valence-corrected chi connectivity index (χ2v) is 5.48. The highest BCUT2D eigenvalue weighted by atomic mass is 79.9. The molecule has 1 aromatic carbocycles. The van der Waals surface area contributed by atoms with E-state index >= 15 is 0 Å². The van der Waals surface area contributed by atoms with E-state index in [2.05, 4.69) is 40.3 Å². The van der Waals surface area contributed by atoms with Gasteiger partial charge in [0.25, 0.3) is 0 Å². The quantitative estimate of drug-likeness (QED) is 0.814. The first-order chi connectivity index (χ1) is 7.70. The predicted octanol–water partition coefficient (Wildman–Crippen LogP) is 3.31. The zero-order valence-corrected chi connectivity index (χ0v) is 11.3. The molecule has 0 radical (unpaired) electrons. The first kappa shape index (κ1) is 11.9. The molecule has 1 saturated carbocycles. The van der Waals surface area contributed by atoms with Gasteiger partial charge in [0.2, 0.25) is 0 Å². The molecule has 0 aliphatic heterocycles. The van der Waals surface area contributed by atoms with Crippen LogP contribution in [0.3, 0.4) is 0 Å².